The van der Waals surface area contributed by atoms with E-state index in [9.17, 15) is 0 Å². The molecule has 1 unspecified atom stereocenters. The van der Waals surface area contributed by atoms with E-state index in [-0.39, 0.29) is 0 Å². The van der Waals surface area contributed by atoms with E-state index in [0.717, 1.165) is 35.5 Å². The molecule has 0 heterocycles. The zero-order chi connectivity index (χ0) is 17.7. The van der Waals surface area contributed by atoms with Crippen molar-refractivity contribution >= 4 is 0 Å². The van der Waals surface area contributed by atoms with Crippen LogP contribution in [-0.4, -0.2) is 0 Å². The van der Waals surface area contributed by atoms with Crippen molar-refractivity contribution in [1.29, 1.82) is 0 Å². The molecule has 0 radical (unpaired) electrons. The molecule has 8 atom stereocenters. The molecule has 0 heteroatoms. The third-order valence-electron chi connectivity index (χ3n) is 10.1. The van der Waals surface area contributed by atoms with E-state index in [1.54, 1.807) is 38.5 Å². The van der Waals surface area contributed by atoms with Gasteiger partial charge in [0.15, 0.2) is 0 Å². The monoisotopic (exact) mass is 342 g/mol. The summed E-state index contributed by atoms with van der Waals surface area (Å²) in [4.78, 5) is 0. The van der Waals surface area contributed by atoms with Crippen LogP contribution in [0.25, 0.3) is 0 Å². The van der Waals surface area contributed by atoms with Crippen LogP contribution < -0.4 is 0 Å². The number of fused-ring (bicyclic) bond motifs is 5. The second-order valence-corrected chi connectivity index (χ2v) is 10.9. The van der Waals surface area contributed by atoms with E-state index in [0.29, 0.717) is 10.8 Å². The Morgan fingerprint density at radius 3 is 2.48 bits per heavy atom. The Morgan fingerprint density at radius 1 is 0.880 bits per heavy atom. The Hall–Kier alpha value is -0.260. The summed E-state index contributed by atoms with van der Waals surface area (Å²) in [5, 5.41) is 0. The largest absolute Gasteiger partial charge is 0.0917 e. The summed E-state index contributed by atoms with van der Waals surface area (Å²) >= 11 is 0. The Morgan fingerprint density at radius 2 is 1.68 bits per heavy atom. The highest BCUT2D eigenvalue weighted by molar-refractivity contribution is 5.09. The van der Waals surface area contributed by atoms with Gasteiger partial charge in [-0.2, -0.15) is 0 Å². The standard InChI is InChI=1S/C25H42/c1-5-6-9-18(2)21-13-14-22-20-12-11-19-10-7-8-16-24(19,3)23(20)15-17-25(21,22)4/h5-6,18-23H,7-17H2,1-4H3/t18-,19?,20+,21-,22+,23+,24+,25-/m1/s1. The van der Waals surface area contributed by atoms with Gasteiger partial charge in [-0.3, -0.25) is 0 Å². The molecule has 25 heavy (non-hydrogen) atoms. The summed E-state index contributed by atoms with van der Waals surface area (Å²) in [6.45, 7) is 10.2. The molecule has 142 valence electrons. The maximum Gasteiger partial charge on any atom is -0.0264 e. The van der Waals surface area contributed by atoms with Crippen LogP contribution in [0.2, 0.25) is 0 Å². The molecule has 0 saturated heterocycles. The van der Waals surface area contributed by atoms with Gasteiger partial charge < -0.3 is 0 Å². The van der Waals surface area contributed by atoms with Gasteiger partial charge in [-0.25, -0.2) is 0 Å². The van der Waals surface area contributed by atoms with Crippen LogP contribution in [0.3, 0.4) is 0 Å². The lowest BCUT2D eigenvalue weighted by Gasteiger charge is -2.61. The van der Waals surface area contributed by atoms with E-state index in [1.165, 1.54) is 32.1 Å². The SMILES string of the molecule is CC=CC[C@@H](C)[C@H]1CC[C@H]2[C@@H]3CCC4CCCC[C@]4(C)[C@H]3CC[C@]12C. The first-order chi connectivity index (χ1) is 12.0. The van der Waals surface area contributed by atoms with Gasteiger partial charge in [-0.1, -0.05) is 45.8 Å². The normalized spacial score (nSPS) is 51.0. The maximum absolute atomic E-state index is 2.72. The molecule has 0 aromatic carbocycles. The molecule has 0 bridgehead atoms. The van der Waals surface area contributed by atoms with Gasteiger partial charge in [0.25, 0.3) is 0 Å². The van der Waals surface area contributed by atoms with E-state index < -0.39 is 0 Å². The molecule has 0 aromatic rings. The zero-order valence-corrected chi connectivity index (χ0v) is 17.4. The third kappa shape index (κ3) is 2.76. The van der Waals surface area contributed by atoms with Crippen molar-refractivity contribution in [3.05, 3.63) is 12.2 Å². The second kappa shape index (κ2) is 6.72. The van der Waals surface area contributed by atoms with Crippen LogP contribution in [0.15, 0.2) is 12.2 Å². The summed E-state index contributed by atoms with van der Waals surface area (Å²) in [5.74, 6) is 6.10. The molecule has 0 nitrogen and oxygen atoms in total. The van der Waals surface area contributed by atoms with Gasteiger partial charge in [0.1, 0.15) is 0 Å². The van der Waals surface area contributed by atoms with Gasteiger partial charge in [0.2, 0.25) is 0 Å². The Bertz CT molecular complexity index is 504. The Labute approximate surface area is 157 Å². The molecule has 0 aromatic heterocycles. The first-order valence-electron chi connectivity index (χ1n) is 11.6. The average Bonchev–Trinajstić information content (AvgIpc) is 2.96. The minimum absolute atomic E-state index is 0.653. The molecule has 0 N–H and O–H groups in total. The molecule has 0 amide bonds. The number of allylic oxidation sites excluding steroid dienone is 2. The molecule has 4 saturated carbocycles. The summed E-state index contributed by atoms with van der Waals surface area (Å²) in [5.41, 5.74) is 1.36. The van der Waals surface area contributed by atoms with E-state index in [1.807, 2.05) is 0 Å². The minimum Gasteiger partial charge on any atom is -0.0917 e. The quantitative estimate of drug-likeness (QED) is 0.462. The van der Waals surface area contributed by atoms with Crippen LogP contribution in [0.4, 0.5) is 0 Å². The summed E-state index contributed by atoms with van der Waals surface area (Å²) in [7, 11) is 0. The topological polar surface area (TPSA) is 0 Å². The fraction of sp³-hybridized carbons (Fsp3) is 0.920. The van der Waals surface area contributed by atoms with Crippen molar-refractivity contribution in [2.45, 2.75) is 98.3 Å². The van der Waals surface area contributed by atoms with Gasteiger partial charge >= 0.3 is 0 Å². The lowest BCUT2D eigenvalue weighted by Crippen LogP contribution is -2.53. The molecule has 4 aliphatic carbocycles. The first kappa shape index (κ1) is 18.1. The maximum atomic E-state index is 2.72. The molecule has 4 rings (SSSR count). The number of hydrogen-bond donors (Lipinski definition) is 0. The van der Waals surface area contributed by atoms with Crippen molar-refractivity contribution in [2.24, 2.45) is 46.3 Å². The molecular formula is C25H42. The van der Waals surface area contributed by atoms with Crippen LogP contribution in [0.5, 0.6) is 0 Å². The number of rotatable bonds is 3. The van der Waals surface area contributed by atoms with Crippen LogP contribution in [0, 0.1) is 46.3 Å². The molecule has 4 fully saturated rings. The van der Waals surface area contributed by atoms with Crippen molar-refractivity contribution in [1.82, 2.24) is 0 Å². The number of hydrogen-bond acceptors (Lipinski definition) is 0. The molecule has 4 aliphatic rings. The van der Waals surface area contributed by atoms with Gasteiger partial charge in [0, 0.05) is 0 Å². The summed E-state index contributed by atoms with van der Waals surface area (Å²) in [6, 6.07) is 0. The van der Waals surface area contributed by atoms with Crippen LogP contribution >= 0.6 is 0 Å². The third-order valence-corrected chi connectivity index (χ3v) is 10.1. The fourth-order valence-corrected chi connectivity index (χ4v) is 8.79. The van der Waals surface area contributed by atoms with Crippen LogP contribution in [0.1, 0.15) is 98.3 Å². The Balaban J connectivity index is 1.55. The van der Waals surface area contributed by atoms with Crippen molar-refractivity contribution in [3.63, 3.8) is 0 Å². The highest BCUT2D eigenvalue weighted by Gasteiger charge is 2.59. The van der Waals surface area contributed by atoms with Gasteiger partial charge in [0.05, 0.1) is 0 Å². The lowest BCUT2D eigenvalue weighted by atomic mass is 9.44. The highest BCUT2D eigenvalue weighted by atomic mass is 14.6. The van der Waals surface area contributed by atoms with Crippen molar-refractivity contribution in [2.75, 3.05) is 0 Å². The average molecular weight is 343 g/mol. The van der Waals surface area contributed by atoms with Gasteiger partial charge in [-0.15, -0.1) is 0 Å². The highest BCUT2D eigenvalue weighted by Crippen LogP contribution is 2.68. The molecule has 0 aliphatic heterocycles. The zero-order valence-electron chi connectivity index (χ0n) is 17.4. The van der Waals surface area contributed by atoms with E-state index >= 15 is 0 Å². The molecular weight excluding hydrogens is 300 g/mol. The molecule has 0 spiro atoms. The lowest BCUT2D eigenvalue weighted by molar-refractivity contribution is -0.114. The minimum atomic E-state index is 0.653. The van der Waals surface area contributed by atoms with Crippen LogP contribution in [-0.2, 0) is 0 Å². The van der Waals surface area contributed by atoms with E-state index in [4.69, 9.17) is 0 Å². The predicted molar refractivity (Wildman–Crippen MR) is 108 cm³/mol. The first-order valence-corrected chi connectivity index (χ1v) is 11.6. The van der Waals surface area contributed by atoms with Crippen molar-refractivity contribution in [3.8, 4) is 0 Å². The summed E-state index contributed by atoms with van der Waals surface area (Å²) < 4.78 is 0. The fourth-order valence-electron chi connectivity index (χ4n) is 8.79. The van der Waals surface area contributed by atoms with Crippen molar-refractivity contribution < 1.29 is 0 Å². The summed E-state index contributed by atoms with van der Waals surface area (Å²) in [6.07, 6.45) is 21.4. The smallest absolute Gasteiger partial charge is 0.0264 e. The van der Waals surface area contributed by atoms with Gasteiger partial charge in [-0.05, 0) is 111 Å². The Kier molecular flexibility index (Phi) is 4.87. The van der Waals surface area contributed by atoms with E-state index in [2.05, 4.69) is 39.8 Å². The predicted octanol–water partition coefficient (Wildman–Crippen LogP) is 7.64. The second-order valence-electron chi connectivity index (χ2n) is 10.9.